The zero-order valence-electron chi connectivity index (χ0n) is 6.51. The molecule has 0 spiro atoms. The van der Waals surface area contributed by atoms with Gasteiger partial charge in [0.1, 0.15) is 0 Å². The molecule has 3 nitrogen and oxygen atoms in total. The average Bonchev–Trinajstić information content (AvgIpc) is 1.85. The highest BCUT2D eigenvalue weighted by Crippen LogP contribution is 2.00. The highest BCUT2D eigenvalue weighted by atomic mass is 16.5. The van der Waals surface area contributed by atoms with Gasteiger partial charge in [-0.1, -0.05) is 13.8 Å². The number of hydrogen-bond acceptors (Lipinski definition) is 3. The number of ether oxygens (including phenoxy) is 1. The van der Waals surface area contributed by atoms with Crippen molar-refractivity contribution < 1.29 is 14.3 Å². The van der Waals surface area contributed by atoms with Gasteiger partial charge in [0.15, 0.2) is 0 Å². The number of rotatable bonds is 3. The van der Waals surface area contributed by atoms with E-state index in [1.165, 1.54) is 7.11 Å². The van der Waals surface area contributed by atoms with E-state index in [9.17, 15) is 9.59 Å². The molecular formula is C7H12O3. The first-order valence-corrected chi connectivity index (χ1v) is 3.19. The largest absolute Gasteiger partial charge is 0.463 e. The van der Waals surface area contributed by atoms with Crippen LogP contribution >= 0.6 is 0 Å². The molecule has 0 radical (unpaired) electrons. The Labute approximate surface area is 60.4 Å². The molecule has 0 N–H and O–H groups in total. The van der Waals surface area contributed by atoms with Gasteiger partial charge >= 0.3 is 5.97 Å². The molecule has 0 aromatic rings. The molecule has 0 fully saturated rings. The first kappa shape index (κ1) is 9.14. The zero-order chi connectivity index (χ0) is 8.15. The molecule has 0 aromatic heterocycles. The van der Waals surface area contributed by atoms with E-state index in [1.54, 1.807) is 0 Å². The Morgan fingerprint density at radius 1 is 1.40 bits per heavy atom. The number of esters is 1. The van der Waals surface area contributed by atoms with Crippen LogP contribution in [-0.4, -0.2) is 18.9 Å². The number of methoxy groups -OCH3 is 1. The Bertz CT molecular complexity index is 138. The quantitative estimate of drug-likeness (QED) is 0.335. The van der Waals surface area contributed by atoms with Crippen molar-refractivity contribution in [2.24, 2.45) is 5.92 Å². The third-order valence-electron chi connectivity index (χ3n) is 1.01. The fourth-order valence-electron chi connectivity index (χ4n) is 0.568. The summed E-state index contributed by atoms with van der Waals surface area (Å²) < 4.78 is 4.22. The maximum absolute atomic E-state index is 10.7. The Hall–Kier alpha value is -0.860. The first-order chi connectivity index (χ1) is 4.57. The first-order valence-electron chi connectivity index (χ1n) is 3.19. The molecule has 10 heavy (non-hydrogen) atoms. The van der Waals surface area contributed by atoms with E-state index >= 15 is 0 Å². The van der Waals surface area contributed by atoms with Crippen LogP contribution in [0.2, 0.25) is 0 Å². The van der Waals surface area contributed by atoms with E-state index in [2.05, 4.69) is 4.74 Å². The summed E-state index contributed by atoms with van der Waals surface area (Å²) in [6.45, 7) is 3.75. The summed E-state index contributed by atoms with van der Waals surface area (Å²) in [6.07, 6.45) is 0.271. The standard InChI is InChI=1S/C7H12O3/c1-5(2)4-6(8)7(9)10-3/h5H,4H2,1-3H3/i1+1/t5-/m0/s1. The second-order valence-corrected chi connectivity index (χ2v) is 2.51. The Morgan fingerprint density at radius 3 is 2.20 bits per heavy atom. The van der Waals surface area contributed by atoms with Crippen LogP contribution in [0.15, 0.2) is 0 Å². The summed E-state index contributed by atoms with van der Waals surface area (Å²) in [5, 5.41) is 0. The molecule has 0 rings (SSSR count). The molecule has 0 unspecified atom stereocenters. The lowest BCUT2D eigenvalue weighted by atomic mass is 10.1. The predicted molar refractivity (Wildman–Crippen MR) is 36.5 cm³/mol. The van der Waals surface area contributed by atoms with Crippen molar-refractivity contribution >= 4 is 11.8 Å². The van der Waals surface area contributed by atoms with Crippen molar-refractivity contribution in [1.82, 2.24) is 0 Å². The summed E-state index contributed by atoms with van der Waals surface area (Å²) in [5.74, 6) is -0.974. The second-order valence-electron chi connectivity index (χ2n) is 2.51. The van der Waals surface area contributed by atoms with E-state index in [0.717, 1.165) is 0 Å². The average molecular weight is 145 g/mol. The molecule has 0 heterocycles. The highest BCUT2D eigenvalue weighted by molar-refractivity contribution is 6.33. The number of carbonyl (C=O) groups is 2. The van der Waals surface area contributed by atoms with Crippen molar-refractivity contribution in [3.8, 4) is 0 Å². The van der Waals surface area contributed by atoms with Gasteiger partial charge in [-0.3, -0.25) is 4.79 Å². The van der Waals surface area contributed by atoms with Crippen LogP contribution in [0.25, 0.3) is 0 Å². The topological polar surface area (TPSA) is 43.4 Å². The zero-order valence-corrected chi connectivity index (χ0v) is 6.51. The molecule has 0 aliphatic heterocycles. The van der Waals surface area contributed by atoms with Crippen molar-refractivity contribution in [1.29, 1.82) is 0 Å². The number of hydrogen-bond donors (Lipinski definition) is 0. The molecular weight excluding hydrogens is 133 g/mol. The molecule has 0 saturated carbocycles. The Balaban J connectivity index is 3.74. The maximum Gasteiger partial charge on any atom is 0.374 e. The number of carbonyl (C=O) groups excluding carboxylic acids is 2. The predicted octanol–water partition coefficient (Wildman–Crippen LogP) is 0.775. The Kier molecular flexibility index (Phi) is 3.69. The van der Waals surface area contributed by atoms with E-state index in [-0.39, 0.29) is 12.3 Å². The normalized spacial score (nSPS) is 12.3. The minimum absolute atomic E-state index is 0.214. The molecule has 0 aliphatic rings. The van der Waals surface area contributed by atoms with Gasteiger partial charge in [-0.15, -0.1) is 0 Å². The molecule has 1 atom stereocenters. The molecule has 3 heteroatoms. The van der Waals surface area contributed by atoms with Gasteiger partial charge in [0.25, 0.3) is 0 Å². The number of ketones is 1. The van der Waals surface area contributed by atoms with Gasteiger partial charge < -0.3 is 4.74 Å². The fraction of sp³-hybridized carbons (Fsp3) is 0.714. The molecule has 58 valence electrons. The lowest BCUT2D eigenvalue weighted by molar-refractivity contribution is -0.152. The third kappa shape index (κ3) is 3.22. The molecule has 0 bridgehead atoms. The van der Waals surface area contributed by atoms with Gasteiger partial charge in [-0.05, 0) is 5.92 Å². The molecule has 0 aliphatic carbocycles. The minimum atomic E-state index is -0.742. The van der Waals surface area contributed by atoms with E-state index < -0.39 is 11.8 Å². The van der Waals surface area contributed by atoms with E-state index in [0.29, 0.717) is 0 Å². The highest BCUT2D eigenvalue weighted by Gasteiger charge is 2.14. The van der Waals surface area contributed by atoms with Crippen molar-refractivity contribution in [2.75, 3.05) is 7.11 Å². The maximum atomic E-state index is 10.7. The Morgan fingerprint density at radius 2 is 1.90 bits per heavy atom. The lowest BCUT2D eigenvalue weighted by Crippen LogP contribution is -2.16. The monoisotopic (exact) mass is 145 g/mol. The number of Topliss-reactive ketones (excluding diaryl/α,β-unsaturated/α-hetero) is 1. The second kappa shape index (κ2) is 4.04. The lowest BCUT2D eigenvalue weighted by Gasteiger charge is -2.00. The van der Waals surface area contributed by atoms with E-state index in [1.807, 2.05) is 13.8 Å². The summed E-state index contributed by atoms with van der Waals surface area (Å²) in [4.78, 5) is 21.2. The van der Waals surface area contributed by atoms with Gasteiger partial charge in [-0.25, -0.2) is 4.79 Å². The van der Waals surface area contributed by atoms with Gasteiger partial charge in [0, 0.05) is 6.42 Å². The smallest absolute Gasteiger partial charge is 0.374 e. The summed E-state index contributed by atoms with van der Waals surface area (Å²) >= 11 is 0. The van der Waals surface area contributed by atoms with Crippen LogP contribution < -0.4 is 0 Å². The van der Waals surface area contributed by atoms with Crippen LogP contribution in [0.4, 0.5) is 0 Å². The van der Waals surface area contributed by atoms with Crippen molar-refractivity contribution in [3.63, 3.8) is 0 Å². The van der Waals surface area contributed by atoms with Gasteiger partial charge in [-0.2, -0.15) is 0 Å². The van der Waals surface area contributed by atoms with Gasteiger partial charge in [0.2, 0.25) is 5.78 Å². The molecule has 0 saturated heterocycles. The van der Waals surface area contributed by atoms with Crippen LogP contribution in [0.1, 0.15) is 20.3 Å². The van der Waals surface area contributed by atoms with Crippen molar-refractivity contribution in [3.05, 3.63) is 0 Å². The van der Waals surface area contributed by atoms with Crippen LogP contribution in [0.3, 0.4) is 0 Å². The van der Waals surface area contributed by atoms with Crippen LogP contribution in [0.5, 0.6) is 0 Å². The van der Waals surface area contributed by atoms with Crippen LogP contribution in [-0.2, 0) is 14.3 Å². The van der Waals surface area contributed by atoms with Crippen molar-refractivity contribution in [2.45, 2.75) is 20.3 Å². The molecule has 0 amide bonds. The minimum Gasteiger partial charge on any atom is -0.463 e. The summed E-state index contributed by atoms with van der Waals surface area (Å²) in [7, 11) is 1.21. The molecule has 0 aromatic carbocycles. The third-order valence-corrected chi connectivity index (χ3v) is 1.01. The summed E-state index contributed by atoms with van der Waals surface area (Å²) in [5.41, 5.74) is 0. The van der Waals surface area contributed by atoms with Crippen LogP contribution in [0, 0.1) is 5.92 Å². The van der Waals surface area contributed by atoms with Gasteiger partial charge in [0.05, 0.1) is 7.11 Å². The summed E-state index contributed by atoms with van der Waals surface area (Å²) in [6, 6.07) is 0. The SMILES string of the molecule is COC(=O)C(=O)C[C@H](C)[13CH3]. The van der Waals surface area contributed by atoms with E-state index in [4.69, 9.17) is 0 Å². The fourth-order valence-corrected chi connectivity index (χ4v) is 0.568.